The molecule has 0 bridgehead atoms. The number of nitrogens with zero attached hydrogens (tertiary/aromatic N) is 2. The van der Waals surface area contributed by atoms with Crippen molar-refractivity contribution < 1.29 is 23.0 Å². The van der Waals surface area contributed by atoms with Gasteiger partial charge < -0.3 is 14.7 Å². The first kappa shape index (κ1) is 22.3. The third kappa shape index (κ3) is 4.90. The fourth-order valence-electron chi connectivity index (χ4n) is 2.70. The Labute approximate surface area is 153 Å². The van der Waals surface area contributed by atoms with Crippen LogP contribution < -0.4 is 4.74 Å². The molecule has 1 aromatic rings. The van der Waals surface area contributed by atoms with Crippen LogP contribution in [0, 0.1) is 6.92 Å². The van der Waals surface area contributed by atoms with Crippen LogP contribution in [0.5, 0.6) is 5.75 Å². The molecular weight excluding hydrogens is 345 g/mol. The highest BCUT2D eigenvalue weighted by Gasteiger charge is 2.55. The van der Waals surface area contributed by atoms with Gasteiger partial charge in [0, 0.05) is 24.7 Å². The summed E-state index contributed by atoms with van der Waals surface area (Å²) < 4.78 is 46.2. The Balaban J connectivity index is 3.42. The molecule has 0 aromatic heterocycles. The Hall–Kier alpha value is -1.76. The second-order valence-corrected chi connectivity index (χ2v) is 6.27. The van der Waals surface area contributed by atoms with Gasteiger partial charge in [-0.1, -0.05) is 19.8 Å². The van der Waals surface area contributed by atoms with Gasteiger partial charge in [-0.2, -0.15) is 13.2 Å². The van der Waals surface area contributed by atoms with Gasteiger partial charge in [0.25, 0.3) is 0 Å². The van der Waals surface area contributed by atoms with Gasteiger partial charge in [0.15, 0.2) is 5.60 Å². The summed E-state index contributed by atoms with van der Waals surface area (Å²) in [6, 6.07) is 2.78. The molecule has 4 nitrogen and oxygen atoms in total. The minimum atomic E-state index is -4.80. The topological polar surface area (TPSA) is 45.1 Å². The number of hydrogen-bond acceptors (Lipinski definition) is 3. The monoisotopic (exact) mass is 374 g/mol. The molecule has 1 N–H and O–H groups in total. The Kier molecular flexibility index (Phi) is 7.93. The van der Waals surface area contributed by atoms with E-state index in [2.05, 4.69) is 4.99 Å². The molecule has 0 spiro atoms. The van der Waals surface area contributed by atoms with E-state index < -0.39 is 18.2 Å². The highest BCUT2D eigenvalue weighted by molar-refractivity contribution is 5.65. The summed E-state index contributed by atoms with van der Waals surface area (Å²) in [5.41, 5.74) is -2.15. The smallest absolute Gasteiger partial charge is 0.421 e. The maximum Gasteiger partial charge on any atom is 0.421 e. The summed E-state index contributed by atoms with van der Waals surface area (Å²) in [7, 11) is 1.29. The normalized spacial score (nSPS) is 14.5. The number of ether oxygens (including phenoxy) is 1. The lowest BCUT2D eigenvalue weighted by Gasteiger charge is -2.32. The van der Waals surface area contributed by atoms with Crippen LogP contribution in [0.15, 0.2) is 17.1 Å². The lowest BCUT2D eigenvalue weighted by atomic mass is 9.86. The molecule has 0 aliphatic rings. The molecule has 0 saturated heterocycles. The number of aliphatic imine (C=N–C) groups is 1. The summed E-state index contributed by atoms with van der Waals surface area (Å²) in [6.45, 7) is 8.99. The predicted molar refractivity (Wildman–Crippen MR) is 98.3 cm³/mol. The molecule has 1 aromatic carbocycles. The van der Waals surface area contributed by atoms with Crippen molar-refractivity contribution in [2.75, 3.05) is 20.2 Å². The number of halogens is 3. The Morgan fingerprint density at radius 3 is 2.27 bits per heavy atom. The maximum absolute atomic E-state index is 13.7. The predicted octanol–water partition coefficient (Wildman–Crippen LogP) is 4.95. The molecule has 1 atom stereocenters. The van der Waals surface area contributed by atoms with Crippen molar-refractivity contribution in [3.05, 3.63) is 23.3 Å². The van der Waals surface area contributed by atoms with Gasteiger partial charge in [-0.25, -0.2) is 4.99 Å². The second-order valence-electron chi connectivity index (χ2n) is 6.27. The summed E-state index contributed by atoms with van der Waals surface area (Å²) in [4.78, 5) is 6.33. The van der Waals surface area contributed by atoms with Gasteiger partial charge in [-0.15, -0.1) is 0 Å². The number of benzene rings is 1. The summed E-state index contributed by atoms with van der Waals surface area (Å²) in [5, 5.41) is 10.5. The van der Waals surface area contributed by atoms with E-state index in [-0.39, 0.29) is 17.7 Å². The number of aliphatic hydroxyl groups is 1. The maximum atomic E-state index is 13.7. The summed E-state index contributed by atoms with van der Waals surface area (Å²) >= 11 is 0. The zero-order valence-electron chi connectivity index (χ0n) is 16.2. The summed E-state index contributed by atoms with van der Waals surface area (Å²) in [5.74, 6) is -0.0155. The molecule has 7 heteroatoms. The quantitative estimate of drug-likeness (QED) is 0.492. The molecule has 0 aliphatic heterocycles. The molecule has 26 heavy (non-hydrogen) atoms. The molecular formula is C19H29F3N2O2. The molecule has 1 unspecified atom stereocenters. The lowest BCUT2D eigenvalue weighted by Crippen LogP contribution is -2.42. The molecule has 1 rings (SSSR count). The Morgan fingerprint density at radius 2 is 1.81 bits per heavy atom. The first-order valence-corrected chi connectivity index (χ1v) is 8.90. The van der Waals surface area contributed by atoms with E-state index in [4.69, 9.17) is 4.74 Å². The molecule has 0 amide bonds. The van der Waals surface area contributed by atoms with Crippen molar-refractivity contribution in [3.8, 4) is 5.75 Å². The number of unbranched alkanes of at least 4 members (excludes halogenated alkanes) is 1. The van der Waals surface area contributed by atoms with E-state index in [0.717, 1.165) is 13.1 Å². The van der Waals surface area contributed by atoms with Crippen LogP contribution in [-0.4, -0.2) is 42.7 Å². The van der Waals surface area contributed by atoms with Crippen molar-refractivity contribution in [2.24, 2.45) is 4.99 Å². The average molecular weight is 374 g/mol. The minimum Gasteiger partial charge on any atom is -0.496 e. The number of aryl methyl sites for hydroxylation is 1. The van der Waals surface area contributed by atoms with Crippen molar-refractivity contribution >= 4 is 12.0 Å². The largest absolute Gasteiger partial charge is 0.496 e. The third-order valence-electron chi connectivity index (χ3n) is 4.50. The van der Waals surface area contributed by atoms with Gasteiger partial charge in [-0.05, 0) is 38.8 Å². The van der Waals surface area contributed by atoms with Gasteiger partial charge in [0.2, 0.25) is 0 Å². The Bertz CT molecular complexity index is 614. The van der Waals surface area contributed by atoms with Crippen molar-refractivity contribution in [2.45, 2.75) is 58.7 Å². The van der Waals surface area contributed by atoms with Gasteiger partial charge in [0.05, 0.1) is 19.1 Å². The molecule has 0 saturated carbocycles. The summed E-state index contributed by atoms with van der Waals surface area (Å²) in [6.07, 6.45) is -2.75. The number of hydrogen-bond donors (Lipinski definition) is 1. The first-order chi connectivity index (χ1) is 12.1. The Morgan fingerprint density at radius 1 is 1.19 bits per heavy atom. The number of rotatable bonds is 9. The van der Waals surface area contributed by atoms with Gasteiger partial charge in [0.1, 0.15) is 5.75 Å². The van der Waals surface area contributed by atoms with Crippen molar-refractivity contribution in [3.63, 3.8) is 0 Å². The van der Waals surface area contributed by atoms with Crippen LogP contribution >= 0.6 is 0 Å². The van der Waals surface area contributed by atoms with E-state index >= 15 is 0 Å². The minimum absolute atomic E-state index is 0.0155. The van der Waals surface area contributed by atoms with E-state index in [1.165, 1.54) is 19.2 Å². The average Bonchev–Trinajstić information content (AvgIpc) is 2.60. The zero-order chi connectivity index (χ0) is 20.0. The van der Waals surface area contributed by atoms with Crippen molar-refractivity contribution in [1.29, 1.82) is 0 Å². The highest BCUT2D eigenvalue weighted by Crippen LogP contribution is 2.47. The van der Waals surface area contributed by atoms with Gasteiger partial charge >= 0.3 is 6.18 Å². The molecule has 0 radical (unpaired) electrons. The number of alkyl halides is 3. The fourth-order valence-corrected chi connectivity index (χ4v) is 2.70. The standard InChI is InChI=1S/C19H29F3N2O2/c1-6-9-10-18(25,19(20,21)22)15-11-14(4)16(12-17(15)26-5)23-13-24(7-2)8-3/h11-13,25H,6-10H2,1-5H3. The van der Waals surface area contributed by atoms with Crippen LogP contribution in [-0.2, 0) is 5.60 Å². The molecule has 0 aliphatic carbocycles. The molecule has 0 fully saturated rings. The SMILES string of the molecule is CCCCC(O)(c1cc(C)c(N=CN(CC)CC)cc1OC)C(F)(F)F. The molecule has 0 heterocycles. The van der Waals surface area contributed by atoms with Gasteiger partial charge in [-0.3, -0.25) is 0 Å². The lowest BCUT2D eigenvalue weighted by molar-refractivity contribution is -0.270. The van der Waals surface area contributed by atoms with E-state index in [0.29, 0.717) is 17.7 Å². The first-order valence-electron chi connectivity index (χ1n) is 8.90. The number of methoxy groups -OCH3 is 1. The van der Waals surface area contributed by atoms with Crippen LogP contribution in [0.4, 0.5) is 18.9 Å². The second kappa shape index (κ2) is 9.26. The van der Waals surface area contributed by atoms with Crippen LogP contribution in [0.2, 0.25) is 0 Å². The van der Waals surface area contributed by atoms with Crippen molar-refractivity contribution in [1.82, 2.24) is 4.90 Å². The van der Waals surface area contributed by atoms with E-state index in [1.54, 1.807) is 20.2 Å². The van der Waals surface area contributed by atoms with Crippen LogP contribution in [0.3, 0.4) is 0 Å². The third-order valence-corrected chi connectivity index (χ3v) is 4.50. The van der Waals surface area contributed by atoms with Crippen LogP contribution in [0.1, 0.15) is 51.2 Å². The van der Waals surface area contributed by atoms with Crippen LogP contribution in [0.25, 0.3) is 0 Å². The highest BCUT2D eigenvalue weighted by atomic mass is 19.4. The zero-order valence-corrected chi connectivity index (χ0v) is 16.2. The van der Waals surface area contributed by atoms with E-state index in [1.807, 2.05) is 18.7 Å². The molecule has 148 valence electrons. The fraction of sp³-hybridized carbons (Fsp3) is 0.632. The van der Waals surface area contributed by atoms with E-state index in [9.17, 15) is 18.3 Å².